The van der Waals surface area contributed by atoms with Crippen molar-refractivity contribution in [1.82, 2.24) is 5.32 Å². The van der Waals surface area contributed by atoms with Gasteiger partial charge in [0, 0.05) is 11.3 Å². The molecule has 0 saturated heterocycles. The number of carbonyl (C=O) groups excluding carboxylic acids is 2. The van der Waals surface area contributed by atoms with E-state index in [1.54, 1.807) is 20.8 Å². The van der Waals surface area contributed by atoms with E-state index in [-0.39, 0.29) is 45.5 Å². The molecule has 37 heavy (non-hydrogen) atoms. The standard InChI is InChI=1S/C27H38Cl2N2O5Si/c1-25(2,3)35-24(33)30-13-14-34-22-20(28)15-17(16-21(22)29)23(32)31-19-11-9-18(10-12-19)27(7,8)36-37-26(4,5)6/h9-12,15-16H,13-14,37H2,1-8H3,(H,30,33)(H,31,32). The third-order valence-corrected chi connectivity index (χ3v) is 7.27. The molecule has 2 aromatic carbocycles. The number of alkyl carbamates (subject to hydrolysis) is 1. The maximum atomic E-state index is 12.8. The number of halogens is 2. The van der Waals surface area contributed by atoms with Gasteiger partial charge in [-0.2, -0.15) is 0 Å². The molecule has 0 heterocycles. The lowest BCUT2D eigenvalue weighted by atomic mass is 9.98. The summed E-state index contributed by atoms with van der Waals surface area (Å²) in [6.45, 7) is 16.3. The Bertz CT molecular complexity index is 1070. The maximum absolute atomic E-state index is 12.8. The largest absolute Gasteiger partial charge is 0.489 e. The third kappa shape index (κ3) is 10.6. The summed E-state index contributed by atoms with van der Waals surface area (Å²) in [6.07, 6.45) is -0.545. The van der Waals surface area contributed by atoms with Gasteiger partial charge in [0.2, 0.25) is 0 Å². The Balaban J connectivity index is 1.97. The zero-order valence-corrected chi connectivity index (χ0v) is 25.8. The minimum atomic E-state index is -0.719. The van der Waals surface area contributed by atoms with E-state index in [9.17, 15) is 9.59 Å². The predicted octanol–water partition coefficient (Wildman–Crippen LogP) is 6.70. The molecule has 2 rings (SSSR count). The van der Waals surface area contributed by atoms with Crippen LogP contribution < -0.4 is 15.4 Å². The first-order valence-electron chi connectivity index (χ1n) is 12.1. The molecule has 10 heteroatoms. The van der Waals surface area contributed by atoms with Crippen LogP contribution in [0, 0.1) is 0 Å². The Morgan fingerprint density at radius 2 is 1.49 bits per heavy atom. The summed E-state index contributed by atoms with van der Waals surface area (Å²) in [5.41, 5.74) is 0.975. The van der Waals surface area contributed by atoms with Crippen molar-refractivity contribution in [1.29, 1.82) is 0 Å². The molecular formula is C27H38Cl2N2O5Si. The Morgan fingerprint density at radius 3 is 2.00 bits per heavy atom. The Morgan fingerprint density at radius 1 is 0.919 bits per heavy atom. The van der Waals surface area contributed by atoms with E-state index in [0.717, 1.165) is 5.56 Å². The smallest absolute Gasteiger partial charge is 0.407 e. The molecule has 2 amide bonds. The molecule has 0 fully saturated rings. The molecule has 2 aromatic rings. The van der Waals surface area contributed by atoms with Crippen LogP contribution in [0.2, 0.25) is 15.1 Å². The Hall–Kier alpha value is -2.26. The third-order valence-electron chi connectivity index (χ3n) is 4.98. The van der Waals surface area contributed by atoms with Crippen LogP contribution in [0.25, 0.3) is 0 Å². The molecule has 0 aromatic heterocycles. The molecule has 204 valence electrons. The van der Waals surface area contributed by atoms with Crippen LogP contribution in [-0.2, 0) is 14.8 Å². The van der Waals surface area contributed by atoms with E-state index in [1.807, 2.05) is 24.3 Å². The number of anilines is 1. The molecule has 0 atom stereocenters. The fraction of sp³-hybridized carbons (Fsp3) is 0.481. The minimum absolute atomic E-state index is 0.120. The van der Waals surface area contributed by atoms with E-state index in [1.165, 1.54) is 12.1 Å². The van der Waals surface area contributed by atoms with Gasteiger partial charge in [0.15, 0.2) is 15.5 Å². The lowest BCUT2D eigenvalue weighted by Crippen LogP contribution is -2.34. The summed E-state index contributed by atoms with van der Waals surface area (Å²) in [5.74, 6) is -0.124. The number of carbonyl (C=O) groups is 2. The zero-order valence-electron chi connectivity index (χ0n) is 22.9. The van der Waals surface area contributed by atoms with Gasteiger partial charge < -0.3 is 24.5 Å². The van der Waals surface area contributed by atoms with Crippen molar-refractivity contribution in [3.05, 3.63) is 57.6 Å². The normalized spacial score (nSPS) is 12.5. The minimum Gasteiger partial charge on any atom is -0.489 e. The molecule has 0 aliphatic rings. The SMILES string of the molecule is CC(C)(C)OC(=O)NCCOc1c(Cl)cc(C(=O)Nc2ccc(C(C)(C)O[SiH2]C(C)(C)C)cc2)cc1Cl. The summed E-state index contributed by atoms with van der Waals surface area (Å²) >= 11 is 12.7. The molecule has 7 nitrogen and oxygen atoms in total. The van der Waals surface area contributed by atoms with Crippen LogP contribution in [0.15, 0.2) is 36.4 Å². The lowest BCUT2D eigenvalue weighted by molar-refractivity contribution is 0.0520. The molecule has 2 N–H and O–H groups in total. The van der Waals surface area contributed by atoms with Crippen molar-refractivity contribution < 1.29 is 23.5 Å². The number of rotatable bonds is 9. The summed E-state index contributed by atoms with van der Waals surface area (Å²) in [4.78, 5) is 24.5. The van der Waals surface area contributed by atoms with Crippen molar-refractivity contribution in [3.63, 3.8) is 0 Å². The van der Waals surface area contributed by atoms with Crippen molar-refractivity contribution >= 4 is 50.7 Å². The van der Waals surface area contributed by atoms with Crippen LogP contribution in [-0.4, -0.2) is 40.5 Å². The molecule has 0 radical (unpaired) electrons. The molecule has 0 unspecified atom stereocenters. The second-order valence-electron chi connectivity index (χ2n) is 11.4. The molecule has 0 aliphatic heterocycles. The first-order valence-corrected chi connectivity index (χ1v) is 14.2. The van der Waals surface area contributed by atoms with Crippen molar-refractivity contribution in [3.8, 4) is 5.75 Å². The summed E-state index contributed by atoms with van der Waals surface area (Å²) in [5, 5.41) is 6.02. The monoisotopic (exact) mass is 568 g/mol. The Labute approximate surface area is 232 Å². The topological polar surface area (TPSA) is 85.9 Å². The molecule has 0 bridgehead atoms. The van der Waals surface area contributed by atoms with E-state index >= 15 is 0 Å². The molecular weight excluding hydrogens is 531 g/mol. The fourth-order valence-electron chi connectivity index (χ4n) is 3.09. The lowest BCUT2D eigenvalue weighted by Gasteiger charge is -2.30. The van der Waals surface area contributed by atoms with Gasteiger partial charge in [-0.15, -0.1) is 0 Å². The fourth-order valence-corrected chi connectivity index (χ4v) is 4.64. The van der Waals surface area contributed by atoms with Gasteiger partial charge in [-0.25, -0.2) is 4.79 Å². The number of benzene rings is 2. The van der Waals surface area contributed by atoms with Crippen LogP contribution >= 0.6 is 23.2 Å². The zero-order chi connectivity index (χ0) is 28.0. The van der Waals surface area contributed by atoms with Gasteiger partial charge in [-0.3, -0.25) is 4.79 Å². The van der Waals surface area contributed by atoms with Crippen LogP contribution in [0.3, 0.4) is 0 Å². The van der Waals surface area contributed by atoms with Gasteiger partial charge in [0.1, 0.15) is 12.2 Å². The average molecular weight is 570 g/mol. The maximum Gasteiger partial charge on any atom is 0.407 e. The van der Waals surface area contributed by atoms with Gasteiger partial charge in [0.05, 0.1) is 22.2 Å². The van der Waals surface area contributed by atoms with Crippen LogP contribution in [0.5, 0.6) is 5.75 Å². The van der Waals surface area contributed by atoms with Gasteiger partial charge in [0.25, 0.3) is 5.91 Å². The summed E-state index contributed by atoms with van der Waals surface area (Å²) in [6, 6.07) is 10.6. The quantitative estimate of drug-likeness (QED) is 0.259. The number of hydrogen-bond donors (Lipinski definition) is 2. The second-order valence-corrected chi connectivity index (χ2v) is 15.0. The van der Waals surface area contributed by atoms with E-state index in [0.29, 0.717) is 5.69 Å². The van der Waals surface area contributed by atoms with Crippen LogP contribution in [0.4, 0.5) is 10.5 Å². The van der Waals surface area contributed by atoms with Gasteiger partial charge in [-0.05, 0) is 69.5 Å². The number of amides is 2. The van der Waals surface area contributed by atoms with Crippen molar-refractivity contribution in [2.75, 3.05) is 18.5 Å². The van der Waals surface area contributed by atoms with Crippen molar-refractivity contribution in [2.45, 2.75) is 71.6 Å². The molecule has 0 saturated carbocycles. The highest BCUT2D eigenvalue weighted by Gasteiger charge is 2.24. The molecule has 0 aliphatic carbocycles. The van der Waals surface area contributed by atoms with Gasteiger partial charge >= 0.3 is 6.09 Å². The first kappa shape index (κ1) is 31.0. The highest BCUT2D eigenvalue weighted by molar-refractivity contribution is 6.37. The highest BCUT2D eigenvalue weighted by atomic mass is 35.5. The van der Waals surface area contributed by atoms with Gasteiger partial charge in [-0.1, -0.05) is 56.1 Å². The number of nitrogens with one attached hydrogen (secondary N) is 2. The van der Waals surface area contributed by atoms with E-state index in [2.05, 4.69) is 45.3 Å². The summed E-state index contributed by atoms with van der Waals surface area (Å²) < 4.78 is 17.0. The van der Waals surface area contributed by atoms with Crippen LogP contribution in [0.1, 0.15) is 71.3 Å². The summed E-state index contributed by atoms with van der Waals surface area (Å²) in [7, 11) is -0.719. The van der Waals surface area contributed by atoms with Crippen molar-refractivity contribution in [2.24, 2.45) is 0 Å². The average Bonchev–Trinajstić information content (AvgIpc) is 2.75. The highest BCUT2D eigenvalue weighted by Crippen LogP contribution is 2.35. The number of hydrogen-bond acceptors (Lipinski definition) is 5. The Kier molecular flexibility index (Phi) is 10.5. The first-order chi connectivity index (χ1) is 17.0. The predicted molar refractivity (Wildman–Crippen MR) is 153 cm³/mol. The second kappa shape index (κ2) is 12.5. The van der Waals surface area contributed by atoms with E-state index < -0.39 is 27.1 Å². The van der Waals surface area contributed by atoms with E-state index in [4.69, 9.17) is 37.1 Å². The molecule has 0 spiro atoms. The number of ether oxygens (including phenoxy) is 2.